The molecule has 0 saturated heterocycles. The van der Waals surface area contributed by atoms with Crippen molar-refractivity contribution < 1.29 is 4.79 Å². The Hall–Kier alpha value is -2.46. The summed E-state index contributed by atoms with van der Waals surface area (Å²) in [5.41, 5.74) is 1.30. The molecule has 0 aliphatic rings. The van der Waals surface area contributed by atoms with Crippen LogP contribution in [0.2, 0.25) is 10.0 Å². The number of hydrogen-bond donors (Lipinski definition) is 1. The van der Waals surface area contributed by atoms with Crippen LogP contribution in [0.5, 0.6) is 0 Å². The van der Waals surface area contributed by atoms with Crippen LogP contribution in [0.3, 0.4) is 0 Å². The highest BCUT2D eigenvalue weighted by atomic mass is 35.5. The molecule has 0 saturated carbocycles. The summed E-state index contributed by atoms with van der Waals surface area (Å²) in [4.78, 5) is 29.6. The first kappa shape index (κ1) is 21.3. The van der Waals surface area contributed by atoms with Crippen molar-refractivity contribution in [2.24, 2.45) is 0 Å². The predicted octanol–water partition coefficient (Wildman–Crippen LogP) is 3.79. The summed E-state index contributed by atoms with van der Waals surface area (Å²) in [5.74, 6) is 2.24. The smallest absolute Gasteiger partial charge is 0.262 e. The van der Waals surface area contributed by atoms with Crippen LogP contribution in [-0.4, -0.2) is 27.8 Å². The van der Waals surface area contributed by atoms with Gasteiger partial charge in [-0.3, -0.25) is 14.2 Å². The maximum Gasteiger partial charge on any atom is 0.262 e. The number of thioether (sulfide) groups is 1. The van der Waals surface area contributed by atoms with E-state index in [9.17, 15) is 9.59 Å². The molecule has 1 N–H and O–H groups in total. The third-order valence-electron chi connectivity index (χ3n) is 4.17. The maximum absolute atomic E-state index is 13.1. The Balaban J connectivity index is 1.90. The molecule has 0 atom stereocenters. The Kier molecular flexibility index (Phi) is 7.21. The molecule has 2 aromatic carbocycles. The number of aryl methyl sites for hydroxylation is 1. The number of carbonyl (C=O) groups excluding carboxylic acids is 1. The van der Waals surface area contributed by atoms with E-state index in [1.165, 1.54) is 11.8 Å². The molecule has 0 radical (unpaired) electrons. The van der Waals surface area contributed by atoms with Crippen LogP contribution in [0.1, 0.15) is 5.56 Å². The molecule has 1 amide bonds. The number of para-hydroxylation sites is 1. The summed E-state index contributed by atoms with van der Waals surface area (Å²) in [5, 5.41) is 4.69. The van der Waals surface area contributed by atoms with Gasteiger partial charge in [-0.1, -0.05) is 59.1 Å². The highest BCUT2D eigenvalue weighted by Gasteiger charge is 2.14. The van der Waals surface area contributed by atoms with E-state index in [4.69, 9.17) is 29.6 Å². The lowest BCUT2D eigenvalue weighted by Gasteiger charge is -2.13. The minimum absolute atomic E-state index is 0.105. The largest absolute Gasteiger partial charge is 0.344 e. The molecule has 0 bridgehead atoms. The Bertz CT molecular complexity index is 1150. The van der Waals surface area contributed by atoms with Crippen molar-refractivity contribution in [2.45, 2.75) is 18.1 Å². The number of carbonyl (C=O) groups is 1. The molecule has 29 heavy (non-hydrogen) atoms. The topological polar surface area (TPSA) is 64.0 Å². The van der Waals surface area contributed by atoms with Crippen LogP contribution < -0.4 is 10.9 Å². The molecule has 0 aliphatic carbocycles. The standard InChI is InChI=1S/C21H17Cl2N3O2S/c1-2-10-24-19(27)13-29-21-25-18-6-4-3-5-16(18)20(28)26(21)11-9-14-7-8-15(22)12-17(14)23/h1,3-8,12H,9-11,13H2,(H,24,27). The minimum atomic E-state index is -0.220. The molecule has 3 aromatic rings. The first-order valence-electron chi connectivity index (χ1n) is 8.76. The fraction of sp³-hybridized carbons (Fsp3) is 0.190. The molecule has 1 aromatic heterocycles. The Morgan fingerprint density at radius 2 is 2.03 bits per heavy atom. The number of amides is 1. The predicted molar refractivity (Wildman–Crippen MR) is 119 cm³/mol. The SMILES string of the molecule is C#CCNC(=O)CSc1nc2ccccc2c(=O)n1CCc1ccc(Cl)cc1Cl. The first-order valence-corrected chi connectivity index (χ1v) is 10.5. The third kappa shape index (κ3) is 5.33. The number of aromatic nitrogens is 2. The summed E-state index contributed by atoms with van der Waals surface area (Å²) in [6, 6.07) is 12.4. The van der Waals surface area contributed by atoms with Crippen LogP contribution in [0, 0.1) is 12.3 Å². The number of terminal acetylenes is 1. The number of benzene rings is 2. The molecule has 3 rings (SSSR count). The molecule has 148 valence electrons. The van der Waals surface area contributed by atoms with Crippen LogP contribution >= 0.6 is 35.0 Å². The van der Waals surface area contributed by atoms with Crippen molar-refractivity contribution >= 4 is 51.8 Å². The number of fused-ring (bicyclic) bond motifs is 1. The summed E-state index contributed by atoms with van der Waals surface area (Å²) in [6.07, 6.45) is 5.68. The molecular weight excluding hydrogens is 429 g/mol. The van der Waals surface area contributed by atoms with E-state index in [1.807, 2.05) is 12.1 Å². The summed E-state index contributed by atoms with van der Waals surface area (Å²) in [6.45, 7) is 0.527. The van der Waals surface area contributed by atoms with Gasteiger partial charge < -0.3 is 5.32 Å². The minimum Gasteiger partial charge on any atom is -0.344 e. The van der Waals surface area contributed by atoms with Crippen molar-refractivity contribution in [3.63, 3.8) is 0 Å². The van der Waals surface area contributed by atoms with Crippen LogP contribution in [0.25, 0.3) is 10.9 Å². The third-order valence-corrected chi connectivity index (χ3v) is 5.73. The zero-order valence-electron chi connectivity index (χ0n) is 15.3. The molecule has 5 nitrogen and oxygen atoms in total. The zero-order valence-corrected chi connectivity index (χ0v) is 17.7. The highest BCUT2D eigenvalue weighted by molar-refractivity contribution is 7.99. The maximum atomic E-state index is 13.1. The van der Waals surface area contributed by atoms with Gasteiger partial charge in [0.1, 0.15) is 0 Å². The van der Waals surface area contributed by atoms with E-state index in [0.29, 0.717) is 39.1 Å². The van der Waals surface area contributed by atoms with Crippen LogP contribution in [-0.2, 0) is 17.8 Å². The second kappa shape index (κ2) is 9.84. The Labute approximate surface area is 182 Å². The van der Waals surface area contributed by atoms with Crippen LogP contribution in [0.15, 0.2) is 52.4 Å². The Morgan fingerprint density at radius 1 is 1.24 bits per heavy atom. The van der Waals surface area contributed by atoms with Gasteiger partial charge in [0, 0.05) is 16.6 Å². The van der Waals surface area contributed by atoms with E-state index in [2.05, 4.69) is 16.2 Å². The van der Waals surface area contributed by atoms with Crippen molar-refractivity contribution in [1.82, 2.24) is 14.9 Å². The van der Waals surface area contributed by atoms with Gasteiger partial charge in [0.25, 0.3) is 5.56 Å². The average molecular weight is 446 g/mol. The molecule has 0 fully saturated rings. The van der Waals surface area contributed by atoms with E-state index < -0.39 is 0 Å². The van der Waals surface area contributed by atoms with E-state index in [-0.39, 0.29) is 23.8 Å². The first-order chi connectivity index (χ1) is 14.0. The monoisotopic (exact) mass is 445 g/mol. The molecule has 8 heteroatoms. The van der Waals surface area contributed by atoms with Gasteiger partial charge in [-0.25, -0.2) is 4.98 Å². The number of nitrogens with zero attached hydrogens (tertiary/aromatic N) is 2. The second-order valence-electron chi connectivity index (χ2n) is 6.12. The molecule has 0 spiro atoms. The lowest BCUT2D eigenvalue weighted by Crippen LogP contribution is -2.27. The lowest BCUT2D eigenvalue weighted by atomic mass is 10.1. The van der Waals surface area contributed by atoms with Gasteiger partial charge in [0.15, 0.2) is 5.16 Å². The van der Waals surface area contributed by atoms with Gasteiger partial charge in [0.05, 0.1) is 23.2 Å². The summed E-state index contributed by atoms with van der Waals surface area (Å²) in [7, 11) is 0. The number of rotatable bonds is 7. The molecule has 0 unspecified atom stereocenters. The highest BCUT2D eigenvalue weighted by Crippen LogP contribution is 2.23. The number of hydrogen-bond acceptors (Lipinski definition) is 4. The van der Waals surface area contributed by atoms with Gasteiger partial charge in [0.2, 0.25) is 5.91 Å². The van der Waals surface area contributed by atoms with Gasteiger partial charge >= 0.3 is 0 Å². The van der Waals surface area contributed by atoms with Crippen molar-refractivity contribution in [2.75, 3.05) is 12.3 Å². The molecular formula is C21H17Cl2N3O2S. The zero-order chi connectivity index (χ0) is 20.8. The van der Waals surface area contributed by atoms with E-state index in [1.54, 1.807) is 34.9 Å². The van der Waals surface area contributed by atoms with Gasteiger partial charge in [-0.15, -0.1) is 6.42 Å². The molecule has 0 aliphatic heterocycles. The van der Waals surface area contributed by atoms with E-state index in [0.717, 1.165) is 5.56 Å². The number of halogens is 2. The van der Waals surface area contributed by atoms with Gasteiger partial charge in [-0.05, 0) is 36.2 Å². The normalized spacial score (nSPS) is 10.7. The number of nitrogens with one attached hydrogen (secondary N) is 1. The van der Waals surface area contributed by atoms with Gasteiger partial charge in [-0.2, -0.15) is 0 Å². The quantitative estimate of drug-likeness (QED) is 0.341. The van der Waals surface area contributed by atoms with E-state index >= 15 is 0 Å². The fourth-order valence-corrected chi connectivity index (χ4v) is 4.10. The summed E-state index contributed by atoms with van der Waals surface area (Å²) < 4.78 is 1.58. The van der Waals surface area contributed by atoms with Crippen molar-refractivity contribution in [3.05, 3.63) is 68.4 Å². The molecule has 1 heterocycles. The van der Waals surface area contributed by atoms with Crippen LogP contribution in [0.4, 0.5) is 0 Å². The Morgan fingerprint density at radius 3 is 2.79 bits per heavy atom. The fourth-order valence-electron chi connectivity index (χ4n) is 2.74. The average Bonchev–Trinajstić information content (AvgIpc) is 2.71. The van der Waals surface area contributed by atoms with Crippen molar-refractivity contribution in [3.8, 4) is 12.3 Å². The second-order valence-corrected chi connectivity index (χ2v) is 7.91. The van der Waals surface area contributed by atoms with Crippen molar-refractivity contribution in [1.29, 1.82) is 0 Å². The lowest BCUT2D eigenvalue weighted by molar-refractivity contribution is -0.118. The summed E-state index contributed by atoms with van der Waals surface area (Å²) >= 11 is 13.4.